The van der Waals surface area contributed by atoms with Crippen LogP contribution in [-0.2, 0) is 11.3 Å². The minimum Gasteiger partial charge on any atom is -0.342 e. The van der Waals surface area contributed by atoms with Crippen LogP contribution in [0, 0.1) is 13.8 Å². The Bertz CT molecular complexity index is 679. The van der Waals surface area contributed by atoms with Crippen molar-refractivity contribution in [2.24, 2.45) is 0 Å². The van der Waals surface area contributed by atoms with Gasteiger partial charge in [0.05, 0.1) is 11.4 Å². The van der Waals surface area contributed by atoms with Crippen molar-refractivity contribution in [3.05, 3.63) is 57.3 Å². The van der Waals surface area contributed by atoms with Crippen molar-refractivity contribution in [3.63, 3.8) is 0 Å². The molecule has 116 valence electrons. The Balaban J connectivity index is 1.86. The molecule has 0 aliphatic heterocycles. The first-order valence-electron chi connectivity index (χ1n) is 7.10. The summed E-state index contributed by atoms with van der Waals surface area (Å²) >= 11 is 1.42. The molecule has 0 unspecified atom stereocenters. The van der Waals surface area contributed by atoms with Gasteiger partial charge < -0.3 is 10.2 Å². The van der Waals surface area contributed by atoms with Gasteiger partial charge in [-0.3, -0.25) is 9.59 Å². The van der Waals surface area contributed by atoms with Crippen molar-refractivity contribution in [1.82, 2.24) is 10.2 Å². The quantitative estimate of drug-likeness (QED) is 0.922. The molecule has 0 aliphatic rings. The van der Waals surface area contributed by atoms with Crippen LogP contribution < -0.4 is 5.32 Å². The maximum Gasteiger partial charge on any atom is 0.261 e. The molecule has 0 aliphatic carbocycles. The largest absolute Gasteiger partial charge is 0.342 e. The summed E-state index contributed by atoms with van der Waals surface area (Å²) in [6, 6.07) is 11.6. The molecular weight excluding hydrogens is 296 g/mol. The number of aryl methyl sites for hydroxylation is 2. The van der Waals surface area contributed by atoms with Crippen LogP contribution in [0.5, 0.6) is 0 Å². The fourth-order valence-corrected chi connectivity index (χ4v) is 2.85. The SMILES string of the molecule is Cc1ccc(C(=O)NCC(=O)N(C)Cc2ccccc2C)s1. The van der Waals surface area contributed by atoms with E-state index in [1.165, 1.54) is 11.3 Å². The Morgan fingerprint density at radius 1 is 1.14 bits per heavy atom. The molecule has 1 aromatic carbocycles. The van der Waals surface area contributed by atoms with E-state index < -0.39 is 0 Å². The Morgan fingerprint density at radius 3 is 2.50 bits per heavy atom. The molecule has 0 spiro atoms. The summed E-state index contributed by atoms with van der Waals surface area (Å²) < 4.78 is 0. The average Bonchev–Trinajstić information content (AvgIpc) is 2.93. The standard InChI is InChI=1S/C17H20N2O2S/c1-12-6-4-5-7-14(12)11-19(3)16(20)10-18-17(21)15-9-8-13(2)22-15/h4-9H,10-11H2,1-3H3,(H,18,21). The molecule has 2 amide bonds. The molecule has 0 saturated carbocycles. The van der Waals surface area contributed by atoms with Crippen molar-refractivity contribution in [2.45, 2.75) is 20.4 Å². The first kappa shape index (κ1) is 16.2. The van der Waals surface area contributed by atoms with Crippen molar-refractivity contribution >= 4 is 23.2 Å². The van der Waals surface area contributed by atoms with Gasteiger partial charge in [0, 0.05) is 18.5 Å². The summed E-state index contributed by atoms with van der Waals surface area (Å²) in [6.45, 7) is 4.52. The van der Waals surface area contributed by atoms with E-state index in [2.05, 4.69) is 5.32 Å². The van der Waals surface area contributed by atoms with Gasteiger partial charge in [-0.1, -0.05) is 24.3 Å². The molecule has 5 heteroatoms. The number of nitrogens with zero attached hydrogens (tertiary/aromatic N) is 1. The van der Waals surface area contributed by atoms with Crippen molar-refractivity contribution in [3.8, 4) is 0 Å². The van der Waals surface area contributed by atoms with Crippen LogP contribution in [0.4, 0.5) is 0 Å². The van der Waals surface area contributed by atoms with Gasteiger partial charge in [-0.25, -0.2) is 0 Å². The number of carbonyl (C=O) groups is 2. The molecule has 2 aromatic rings. The van der Waals surface area contributed by atoms with Crippen molar-refractivity contribution in [2.75, 3.05) is 13.6 Å². The topological polar surface area (TPSA) is 49.4 Å². The number of amides is 2. The molecule has 0 bridgehead atoms. The number of rotatable bonds is 5. The maximum absolute atomic E-state index is 12.1. The van der Waals surface area contributed by atoms with Crippen LogP contribution in [0.25, 0.3) is 0 Å². The third kappa shape index (κ3) is 4.18. The predicted octanol–water partition coefficient (Wildman–Crippen LogP) is 2.75. The third-order valence-electron chi connectivity index (χ3n) is 3.46. The Kier molecular flexibility index (Phi) is 5.33. The van der Waals surface area contributed by atoms with Crippen LogP contribution in [0.1, 0.15) is 25.7 Å². The van der Waals surface area contributed by atoms with E-state index in [1.807, 2.05) is 44.2 Å². The average molecular weight is 316 g/mol. The first-order valence-corrected chi connectivity index (χ1v) is 7.92. The van der Waals surface area contributed by atoms with Gasteiger partial charge in [-0.05, 0) is 37.1 Å². The smallest absolute Gasteiger partial charge is 0.261 e. The highest BCUT2D eigenvalue weighted by Gasteiger charge is 2.13. The number of hydrogen-bond donors (Lipinski definition) is 1. The molecule has 1 heterocycles. The summed E-state index contributed by atoms with van der Waals surface area (Å²) in [6.07, 6.45) is 0. The number of hydrogen-bond acceptors (Lipinski definition) is 3. The highest BCUT2D eigenvalue weighted by Crippen LogP contribution is 2.14. The van der Waals surface area contributed by atoms with Gasteiger partial charge in [0.1, 0.15) is 0 Å². The summed E-state index contributed by atoms with van der Waals surface area (Å²) in [5, 5.41) is 2.67. The minimum absolute atomic E-state index is 0.0121. The van der Waals surface area contributed by atoms with Crippen molar-refractivity contribution < 1.29 is 9.59 Å². The van der Waals surface area contributed by atoms with E-state index in [0.717, 1.165) is 16.0 Å². The van der Waals surface area contributed by atoms with Gasteiger partial charge in [0.25, 0.3) is 5.91 Å². The van der Waals surface area contributed by atoms with Gasteiger partial charge in [-0.15, -0.1) is 11.3 Å². The maximum atomic E-state index is 12.1. The second kappa shape index (κ2) is 7.22. The molecule has 0 saturated heterocycles. The van der Waals surface area contributed by atoms with E-state index in [-0.39, 0.29) is 18.4 Å². The lowest BCUT2D eigenvalue weighted by Crippen LogP contribution is -2.37. The van der Waals surface area contributed by atoms with Gasteiger partial charge in [-0.2, -0.15) is 0 Å². The molecule has 1 N–H and O–H groups in total. The van der Waals surface area contributed by atoms with Gasteiger partial charge >= 0.3 is 0 Å². The van der Waals surface area contributed by atoms with E-state index in [1.54, 1.807) is 18.0 Å². The zero-order valence-electron chi connectivity index (χ0n) is 13.1. The summed E-state index contributed by atoms with van der Waals surface area (Å²) in [4.78, 5) is 27.4. The summed E-state index contributed by atoms with van der Waals surface area (Å²) in [5.41, 5.74) is 2.26. The van der Waals surface area contributed by atoms with Crippen LogP contribution >= 0.6 is 11.3 Å². The van der Waals surface area contributed by atoms with Crippen molar-refractivity contribution in [1.29, 1.82) is 0 Å². The van der Waals surface area contributed by atoms with E-state index >= 15 is 0 Å². The lowest BCUT2D eigenvalue weighted by Gasteiger charge is -2.18. The van der Waals surface area contributed by atoms with E-state index in [0.29, 0.717) is 11.4 Å². The number of likely N-dealkylation sites (N-methyl/N-ethyl adjacent to an activating group) is 1. The molecule has 0 fully saturated rings. The lowest BCUT2D eigenvalue weighted by atomic mass is 10.1. The normalized spacial score (nSPS) is 10.3. The number of nitrogens with one attached hydrogen (secondary N) is 1. The number of benzene rings is 1. The summed E-state index contributed by atoms with van der Waals surface area (Å²) in [5.74, 6) is -0.305. The zero-order chi connectivity index (χ0) is 16.1. The fraction of sp³-hybridized carbons (Fsp3) is 0.294. The van der Waals surface area contributed by atoms with Gasteiger partial charge in [0.2, 0.25) is 5.91 Å². The van der Waals surface area contributed by atoms with Crippen LogP contribution in [0.3, 0.4) is 0 Å². The fourth-order valence-electron chi connectivity index (χ4n) is 2.07. The molecule has 1 aromatic heterocycles. The second-order valence-corrected chi connectivity index (χ2v) is 6.56. The minimum atomic E-state index is -0.198. The molecular formula is C17H20N2O2S. The monoisotopic (exact) mass is 316 g/mol. The molecule has 4 nitrogen and oxygen atoms in total. The lowest BCUT2D eigenvalue weighted by molar-refractivity contribution is -0.129. The Labute approximate surface area is 134 Å². The van der Waals surface area contributed by atoms with Crippen LogP contribution in [0.2, 0.25) is 0 Å². The second-order valence-electron chi connectivity index (χ2n) is 5.27. The van der Waals surface area contributed by atoms with E-state index in [4.69, 9.17) is 0 Å². The number of thiophene rings is 1. The van der Waals surface area contributed by atoms with Crippen LogP contribution in [0.15, 0.2) is 36.4 Å². The first-order chi connectivity index (χ1) is 10.5. The Hall–Kier alpha value is -2.14. The molecule has 2 rings (SSSR count). The third-order valence-corrected chi connectivity index (χ3v) is 4.46. The molecule has 0 atom stereocenters. The summed E-state index contributed by atoms with van der Waals surface area (Å²) in [7, 11) is 1.75. The molecule has 0 radical (unpaired) electrons. The van der Waals surface area contributed by atoms with Gasteiger partial charge in [0.15, 0.2) is 0 Å². The highest BCUT2D eigenvalue weighted by molar-refractivity contribution is 7.13. The van der Waals surface area contributed by atoms with E-state index in [9.17, 15) is 9.59 Å². The zero-order valence-corrected chi connectivity index (χ0v) is 13.9. The highest BCUT2D eigenvalue weighted by atomic mass is 32.1. The Morgan fingerprint density at radius 2 is 1.86 bits per heavy atom. The predicted molar refractivity (Wildman–Crippen MR) is 89.0 cm³/mol. The number of carbonyl (C=O) groups excluding carboxylic acids is 2. The molecule has 22 heavy (non-hydrogen) atoms. The van der Waals surface area contributed by atoms with Crippen LogP contribution in [-0.4, -0.2) is 30.3 Å².